The molecule has 3 nitrogen and oxygen atoms in total. The Morgan fingerprint density at radius 2 is 1.21 bits per heavy atom. The lowest BCUT2D eigenvalue weighted by molar-refractivity contribution is 0.571. The highest BCUT2D eigenvalue weighted by atomic mass is 15.0. The average Bonchev–Trinajstić information content (AvgIpc) is 3.45. The monoisotopic (exact) mass is 605 g/mol. The van der Waals surface area contributed by atoms with Crippen LogP contribution >= 0.6 is 0 Å². The van der Waals surface area contributed by atoms with Crippen LogP contribution in [0.2, 0.25) is 0 Å². The molecule has 47 heavy (non-hydrogen) atoms. The number of benzene rings is 6. The van der Waals surface area contributed by atoms with E-state index >= 15 is 0 Å². The molecule has 0 radical (unpaired) electrons. The van der Waals surface area contributed by atoms with Crippen molar-refractivity contribution in [1.82, 2.24) is 14.5 Å². The molecule has 8 aromatic rings. The zero-order chi connectivity index (χ0) is 31.7. The first kappa shape index (κ1) is 27.7. The van der Waals surface area contributed by atoms with Gasteiger partial charge in [0.15, 0.2) is 0 Å². The molecule has 0 saturated heterocycles. The van der Waals surface area contributed by atoms with E-state index in [1.807, 2.05) is 0 Å². The Kier molecular flexibility index (Phi) is 6.20. The summed E-state index contributed by atoms with van der Waals surface area (Å²) in [5.41, 5.74) is 12.3. The summed E-state index contributed by atoms with van der Waals surface area (Å²) < 4.78 is 2.45. The second-order valence-corrected chi connectivity index (χ2v) is 13.7. The summed E-state index contributed by atoms with van der Waals surface area (Å²) in [4.78, 5) is 10.9. The van der Waals surface area contributed by atoms with Crippen molar-refractivity contribution in [3.05, 3.63) is 144 Å². The molecule has 0 bridgehead atoms. The zero-order valence-corrected chi connectivity index (χ0v) is 27.0. The van der Waals surface area contributed by atoms with Gasteiger partial charge in [0.1, 0.15) is 0 Å². The first-order valence-corrected chi connectivity index (χ1v) is 16.6. The number of para-hydroxylation sites is 1. The fourth-order valence-corrected chi connectivity index (χ4v) is 7.50. The fraction of sp³-hybridized carbons (Fsp3) is 0.136. The van der Waals surface area contributed by atoms with Gasteiger partial charge in [0.2, 0.25) is 0 Å². The van der Waals surface area contributed by atoms with Crippen molar-refractivity contribution in [3.8, 4) is 28.1 Å². The van der Waals surface area contributed by atoms with Crippen LogP contribution in [-0.4, -0.2) is 14.5 Å². The Balaban J connectivity index is 1.25. The maximum Gasteiger partial charge on any atom is 0.0979 e. The third-order valence-electron chi connectivity index (χ3n) is 9.69. The number of hydrogen-bond donors (Lipinski definition) is 0. The van der Waals surface area contributed by atoms with Crippen molar-refractivity contribution in [1.29, 1.82) is 0 Å². The normalized spacial score (nSPS) is 13.2. The van der Waals surface area contributed by atoms with Crippen molar-refractivity contribution >= 4 is 49.6 Å². The van der Waals surface area contributed by atoms with Gasteiger partial charge in [-0.25, -0.2) is 9.97 Å². The number of fused-ring (bicyclic) bond motifs is 9. The van der Waals surface area contributed by atoms with Crippen molar-refractivity contribution in [2.24, 2.45) is 0 Å². The summed E-state index contributed by atoms with van der Waals surface area (Å²) in [6.45, 7) is 6.71. The lowest BCUT2D eigenvalue weighted by atomic mass is 9.87. The van der Waals surface area contributed by atoms with Crippen LogP contribution in [0.15, 0.2) is 127 Å². The molecule has 1 aliphatic rings. The van der Waals surface area contributed by atoms with Crippen LogP contribution in [0.1, 0.15) is 44.1 Å². The summed E-state index contributed by atoms with van der Waals surface area (Å²) in [5.74, 6) is 0. The molecule has 2 aromatic heterocycles. The number of rotatable bonds is 3. The molecular formula is C44H35N3. The predicted octanol–water partition coefficient (Wildman–Crippen LogP) is 11.5. The van der Waals surface area contributed by atoms with Crippen molar-refractivity contribution < 1.29 is 0 Å². The SMILES string of the molecule is CC(C)(C)c1nc2c3ccccc3c3ccccc3c2nc1-c1cccc(-c2ccc3c(c2)c2c(n3-c3ccccc3)CCC=C2)c1. The molecule has 0 saturated carbocycles. The molecule has 2 heterocycles. The van der Waals surface area contributed by atoms with E-state index in [4.69, 9.17) is 9.97 Å². The second-order valence-electron chi connectivity index (χ2n) is 13.7. The molecule has 0 spiro atoms. The summed E-state index contributed by atoms with van der Waals surface area (Å²) in [6.07, 6.45) is 6.73. The van der Waals surface area contributed by atoms with Crippen molar-refractivity contribution in [3.63, 3.8) is 0 Å². The van der Waals surface area contributed by atoms with Gasteiger partial charge in [-0.3, -0.25) is 0 Å². The summed E-state index contributed by atoms with van der Waals surface area (Å²) in [6, 6.07) is 43.7. The standard InChI is InChI=1S/C44H35N3/c1-44(2,3)43-40(45-41-35-21-9-7-18-32(35)33-19-8-10-22-36(33)42(41)46-43)30-15-13-14-28(26-30)29-24-25-39-37(27-29)34-20-11-12-23-38(34)47(39)31-16-5-4-6-17-31/h4-11,13-22,24-27H,12,23H2,1-3H3. The Morgan fingerprint density at radius 3 is 1.94 bits per heavy atom. The molecule has 0 atom stereocenters. The topological polar surface area (TPSA) is 30.7 Å². The minimum absolute atomic E-state index is 0.204. The molecule has 226 valence electrons. The smallest absolute Gasteiger partial charge is 0.0979 e. The Labute approximate surface area is 274 Å². The molecule has 0 amide bonds. The van der Waals surface area contributed by atoms with Crippen molar-refractivity contribution in [2.75, 3.05) is 0 Å². The van der Waals surface area contributed by atoms with Gasteiger partial charge in [-0.2, -0.15) is 0 Å². The largest absolute Gasteiger partial charge is 0.313 e. The van der Waals surface area contributed by atoms with E-state index in [2.05, 4.69) is 159 Å². The molecule has 3 heteroatoms. The summed E-state index contributed by atoms with van der Waals surface area (Å²) >= 11 is 0. The Bertz CT molecular complexity index is 2550. The van der Waals surface area contributed by atoms with Crippen LogP contribution in [0.3, 0.4) is 0 Å². The summed E-state index contributed by atoms with van der Waals surface area (Å²) in [7, 11) is 0. The van der Waals surface area contributed by atoms with E-state index in [1.165, 1.54) is 49.7 Å². The number of hydrogen-bond acceptors (Lipinski definition) is 2. The quantitative estimate of drug-likeness (QED) is 0.188. The molecular weight excluding hydrogens is 571 g/mol. The molecule has 6 aromatic carbocycles. The minimum atomic E-state index is -0.204. The summed E-state index contributed by atoms with van der Waals surface area (Å²) in [5, 5.41) is 6.00. The van der Waals surface area contributed by atoms with E-state index in [9.17, 15) is 0 Å². The van der Waals surface area contributed by atoms with Gasteiger partial charge in [-0.05, 0) is 65.1 Å². The van der Waals surface area contributed by atoms with E-state index in [-0.39, 0.29) is 5.41 Å². The van der Waals surface area contributed by atoms with Gasteiger partial charge in [0, 0.05) is 44.1 Å². The van der Waals surface area contributed by atoms with Crippen LogP contribution in [0.25, 0.3) is 77.6 Å². The first-order valence-electron chi connectivity index (χ1n) is 16.6. The number of allylic oxidation sites excluding steroid dienone is 1. The van der Waals surface area contributed by atoms with Crippen LogP contribution in [0.5, 0.6) is 0 Å². The molecule has 1 aliphatic carbocycles. The van der Waals surface area contributed by atoms with E-state index in [1.54, 1.807) is 0 Å². The molecule has 0 N–H and O–H groups in total. The van der Waals surface area contributed by atoms with Gasteiger partial charge >= 0.3 is 0 Å². The number of nitrogens with zero attached hydrogens (tertiary/aromatic N) is 3. The van der Waals surface area contributed by atoms with Crippen LogP contribution < -0.4 is 0 Å². The van der Waals surface area contributed by atoms with Crippen LogP contribution in [0, 0.1) is 0 Å². The van der Waals surface area contributed by atoms with Gasteiger partial charge in [-0.1, -0.05) is 124 Å². The molecule has 0 fully saturated rings. The van der Waals surface area contributed by atoms with Gasteiger partial charge in [0.25, 0.3) is 0 Å². The predicted molar refractivity (Wildman–Crippen MR) is 198 cm³/mol. The Morgan fingerprint density at radius 1 is 0.574 bits per heavy atom. The van der Waals surface area contributed by atoms with Crippen LogP contribution in [0.4, 0.5) is 0 Å². The zero-order valence-electron chi connectivity index (χ0n) is 27.0. The van der Waals surface area contributed by atoms with E-state index in [0.29, 0.717) is 0 Å². The van der Waals surface area contributed by atoms with Gasteiger partial charge in [-0.15, -0.1) is 0 Å². The maximum absolute atomic E-state index is 5.49. The number of aromatic nitrogens is 3. The maximum atomic E-state index is 5.49. The molecule has 0 aliphatic heterocycles. The highest BCUT2D eigenvalue weighted by Gasteiger charge is 2.25. The lowest BCUT2D eigenvalue weighted by Gasteiger charge is -2.23. The van der Waals surface area contributed by atoms with E-state index in [0.717, 1.165) is 51.6 Å². The fourth-order valence-electron chi connectivity index (χ4n) is 7.50. The second kappa shape index (κ2) is 10.5. The lowest BCUT2D eigenvalue weighted by Crippen LogP contribution is -2.16. The third kappa shape index (κ3) is 4.41. The average molecular weight is 606 g/mol. The molecule has 9 rings (SSSR count). The molecule has 0 unspecified atom stereocenters. The highest BCUT2D eigenvalue weighted by molar-refractivity contribution is 6.23. The van der Waals surface area contributed by atoms with Crippen LogP contribution in [-0.2, 0) is 11.8 Å². The Hall–Kier alpha value is -5.54. The van der Waals surface area contributed by atoms with Gasteiger partial charge < -0.3 is 4.57 Å². The first-order chi connectivity index (χ1) is 23.0. The van der Waals surface area contributed by atoms with Crippen molar-refractivity contribution in [2.45, 2.75) is 39.0 Å². The third-order valence-corrected chi connectivity index (χ3v) is 9.69. The highest BCUT2D eigenvalue weighted by Crippen LogP contribution is 2.40. The van der Waals surface area contributed by atoms with Gasteiger partial charge in [0.05, 0.1) is 27.9 Å². The minimum Gasteiger partial charge on any atom is -0.313 e. The van der Waals surface area contributed by atoms with E-state index < -0.39 is 0 Å².